The zero-order valence-corrected chi connectivity index (χ0v) is 16.5. The van der Waals surface area contributed by atoms with Gasteiger partial charge in [0.2, 0.25) is 0 Å². The summed E-state index contributed by atoms with van der Waals surface area (Å²) in [5.41, 5.74) is 2.49. The number of pyridine rings is 1. The normalized spacial score (nSPS) is 11.0. The summed E-state index contributed by atoms with van der Waals surface area (Å²) in [6.45, 7) is 1.89. The number of aryl methyl sites for hydroxylation is 2. The van der Waals surface area contributed by atoms with Gasteiger partial charge in [0.1, 0.15) is 28.5 Å². The lowest BCUT2D eigenvalue weighted by atomic mass is 10.2. The summed E-state index contributed by atoms with van der Waals surface area (Å²) < 4.78 is 13.6. The molecule has 1 amide bonds. The molecule has 0 aliphatic carbocycles. The second-order valence-electron chi connectivity index (χ2n) is 6.65. The Morgan fingerprint density at radius 1 is 1.10 bits per heavy atom. The molecular formula is C21H20N4O4. The van der Waals surface area contributed by atoms with Gasteiger partial charge in [-0.05, 0) is 36.8 Å². The van der Waals surface area contributed by atoms with Crippen LogP contribution in [0.2, 0.25) is 0 Å². The maximum atomic E-state index is 12.9. The van der Waals surface area contributed by atoms with E-state index in [4.69, 9.17) is 9.47 Å². The minimum atomic E-state index is -0.376. The highest BCUT2D eigenvalue weighted by atomic mass is 16.5. The van der Waals surface area contributed by atoms with Gasteiger partial charge in [0, 0.05) is 19.3 Å². The lowest BCUT2D eigenvalue weighted by Gasteiger charge is -2.12. The number of carbonyl (C=O) groups is 1. The van der Waals surface area contributed by atoms with Gasteiger partial charge in [-0.1, -0.05) is 6.07 Å². The van der Waals surface area contributed by atoms with Gasteiger partial charge < -0.3 is 19.4 Å². The standard InChI is InChI=1S/C21H20N4O4/c1-12-6-5-9-25-18(12)23-19-14(21(25)27)11-16(24(19)2)20(26)22-15-8-7-13(28-3)10-17(15)29-4/h5-11H,1-4H3,(H,22,26). The van der Waals surface area contributed by atoms with E-state index < -0.39 is 0 Å². The fourth-order valence-corrected chi connectivity index (χ4v) is 3.34. The van der Waals surface area contributed by atoms with Crippen molar-refractivity contribution in [2.45, 2.75) is 6.92 Å². The lowest BCUT2D eigenvalue weighted by molar-refractivity contribution is 0.101. The number of fused-ring (bicyclic) bond motifs is 2. The highest BCUT2D eigenvalue weighted by molar-refractivity contribution is 6.06. The van der Waals surface area contributed by atoms with Crippen LogP contribution in [0.15, 0.2) is 47.4 Å². The van der Waals surface area contributed by atoms with E-state index in [-0.39, 0.29) is 11.5 Å². The Bertz CT molecular complexity index is 1320. The molecule has 0 spiro atoms. The van der Waals surface area contributed by atoms with Crippen LogP contribution >= 0.6 is 0 Å². The first-order valence-corrected chi connectivity index (χ1v) is 8.95. The Hall–Kier alpha value is -3.81. The second-order valence-corrected chi connectivity index (χ2v) is 6.65. The van der Waals surface area contributed by atoms with Crippen LogP contribution in [0.3, 0.4) is 0 Å². The van der Waals surface area contributed by atoms with E-state index in [9.17, 15) is 9.59 Å². The summed E-state index contributed by atoms with van der Waals surface area (Å²) in [7, 11) is 4.78. The third-order valence-electron chi connectivity index (χ3n) is 4.91. The van der Waals surface area contributed by atoms with Crippen molar-refractivity contribution in [3.05, 3.63) is 64.2 Å². The summed E-state index contributed by atoms with van der Waals surface area (Å²) >= 11 is 0. The SMILES string of the molecule is COc1ccc(NC(=O)c2cc3c(=O)n4cccc(C)c4nc3n2C)c(OC)c1. The first-order valence-electron chi connectivity index (χ1n) is 8.95. The number of nitrogens with zero attached hydrogens (tertiary/aromatic N) is 3. The molecule has 148 valence electrons. The van der Waals surface area contributed by atoms with Crippen LogP contribution in [0.5, 0.6) is 11.5 Å². The number of amides is 1. The quantitative estimate of drug-likeness (QED) is 0.577. The number of hydrogen-bond acceptors (Lipinski definition) is 5. The van der Waals surface area contributed by atoms with Gasteiger partial charge >= 0.3 is 0 Å². The number of hydrogen-bond donors (Lipinski definition) is 1. The van der Waals surface area contributed by atoms with Crippen molar-refractivity contribution >= 4 is 28.3 Å². The van der Waals surface area contributed by atoms with Crippen LogP contribution in [0.1, 0.15) is 16.1 Å². The third-order valence-corrected chi connectivity index (χ3v) is 4.91. The number of benzene rings is 1. The van der Waals surface area contributed by atoms with Gasteiger partial charge in [0.05, 0.1) is 25.3 Å². The molecule has 0 saturated heterocycles. The number of aromatic nitrogens is 3. The Balaban J connectivity index is 1.80. The van der Waals surface area contributed by atoms with Crippen molar-refractivity contribution in [3.8, 4) is 11.5 Å². The van der Waals surface area contributed by atoms with Crippen molar-refractivity contribution < 1.29 is 14.3 Å². The van der Waals surface area contributed by atoms with Crippen molar-refractivity contribution in [3.63, 3.8) is 0 Å². The van der Waals surface area contributed by atoms with Gasteiger partial charge in [-0.15, -0.1) is 0 Å². The molecule has 3 aromatic heterocycles. The van der Waals surface area contributed by atoms with Crippen LogP contribution in [0.4, 0.5) is 5.69 Å². The van der Waals surface area contributed by atoms with E-state index in [1.807, 2.05) is 13.0 Å². The summed E-state index contributed by atoms with van der Waals surface area (Å²) in [5.74, 6) is 0.707. The number of rotatable bonds is 4. The molecule has 0 fully saturated rings. The average molecular weight is 392 g/mol. The minimum absolute atomic E-state index is 0.217. The zero-order chi connectivity index (χ0) is 20.7. The molecule has 0 atom stereocenters. The van der Waals surface area contributed by atoms with Crippen LogP contribution in [0.25, 0.3) is 16.7 Å². The van der Waals surface area contributed by atoms with Crippen LogP contribution in [0, 0.1) is 6.92 Å². The molecule has 1 aromatic carbocycles. The molecule has 0 bridgehead atoms. The molecule has 1 N–H and O–H groups in total. The number of nitrogens with one attached hydrogen (secondary N) is 1. The molecule has 0 saturated carbocycles. The van der Waals surface area contributed by atoms with Gasteiger partial charge in [0.25, 0.3) is 11.5 Å². The Morgan fingerprint density at radius 2 is 1.90 bits per heavy atom. The molecule has 0 unspecified atom stereocenters. The largest absolute Gasteiger partial charge is 0.497 e. The first-order chi connectivity index (χ1) is 13.9. The predicted octanol–water partition coefficient (Wildman–Crippen LogP) is 2.76. The van der Waals surface area contributed by atoms with Gasteiger partial charge in [-0.25, -0.2) is 4.98 Å². The maximum Gasteiger partial charge on any atom is 0.272 e. The Morgan fingerprint density at radius 3 is 2.62 bits per heavy atom. The first kappa shape index (κ1) is 18.5. The molecule has 0 aliphatic rings. The summed E-state index contributed by atoms with van der Waals surface area (Å²) in [6, 6.07) is 10.3. The predicted molar refractivity (Wildman–Crippen MR) is 110 cm³/mol. The van der Waals surface area contributed by atoms with E-state index in [0.717, 1.165) is 5.56 Å². The zero-order valence-electron chi connectivity index (χ0n) is 16.5. The fourth-order valence-electron chi connectivity index (χ4n) is 3.34. The van der Waals surface area contributed by atoms with Crippen molar-refractivity contribution in [2.24, 2.45) is 7.05 Å². The number of carbonyl (C=O) groups excluding carboxylic acids is 1. The fraction of sp³-hybridized carbons (Fsp3) is 0.190. The summed E-state index contributed by atoms with van der Waals surface area (Å²) in [6.07, 6.45) is 1.67. The molecule has 29 heavy (non-hydrogen) atoms. The number of ether oxygens (including phenoxy) is 2. The Kier molecular flexibility index (Phi) is 4.46. The molecule has 3 heterocycles. The Labute approximate surface area is 166 Å². The number of anilines is 1. The van der Waals surface area contributed by atoms with E-state index in [1.165, 1.54) is 11.5 Å². The molecule has 0 aliphatic heterocycles. The molecule has 4 aromatic rings. The minimum Gasteiger partial charge on any atom is -0.497 e. The third kappa shape index (κ3) is 2.98. The summed E-state index contributed by atoms with van der Waals surface area (Å²) in [4.78, 5) is 30.5. The smallest absolute Gasteiger partial charge is 0.272 e. The van der Waals surface area contributed by atoms with Crippen LogP contribution in [-0.4, -0.2) is 34.1 Å². The highest BCUT2D eigenvalue weighted by Gasteiger charge is 2.19. The van der Waals surface area contributed by atoms with Gasteiger partial charge in [0.15, 0.2) is 0 Å². The highest BCUT2D eigenvalue weighted by Crippen LogP contribution is 2.29. The summed E-state index contributed by atoms with van der Waals surface area (Å²) in [5, 5.41) is 3.20. The maximum absolute atomic E-state index is 12.9. The van der Waals surface area contributed by atoms with Crippen LogP contribution < -0.4 is 20.3 Å². The van der Waals surface area contributed by atoms with E-state index in [0.29, 0.717) is 39.6 Å². The van der Waals surface area contributed by atoms with Crippen LogP contribution in [-0.2, 0) is 7.05 Å². The lowest BCUT2D eigenvalue weighted by Crippen LogP contribution is -2.16. The molecule has 0 radical (unpaired) electrons. The van der Waals surface area contributed by atoms with Crippen molar-refractivity contribution in [2.75, 3.05) is 19.5 Å². The van der Waals surface area contributed by atoms with Crippen molar-refractivity contribution in [1.29, 1.82) is 0 Å². The molecule has 8 nitrogen and oxygen atoms in total. The van der Waals surface area contributed by atoms with E-state index >= 15 is 0 Å². The van der Waals surface area contributed by atoms with Crippen molar-refractivity contribution in [1.82, 2.24) is 14.0 Å². The monoisotopic (exact) mass is 392 g/mol. The van der Waals surface area contributed by atoms with Gasteiger partial charge in [-0.2, -0.15) is 0 Å². The van der Waals surface area contributed by atoms with E-state index in [2.05, 4.69) is 10.3 Å². The molecular weight excluding hydrogens is 372 g/mol. The molecule has 8 heteroatoms. The average Bonchev–Trinajstić information content (AvgIpc) is 3.06. The topological polar surface area (TPSA) is 86.9 Å². The van der Waals surface area contributed by atoms with Gasteiger partial charge in [-0.3, -0.25) is 14.0 Å². The van der Waals surface area contributed by atoms with E-state index in [1.54, 1.807) is 55.3 Å². The second kappa shape index (κ2) is 6.97. The molecule has 4 rings (SSSR count). The number of methoxy groups -OCH3 is 2.